The van der Waals surface area contributed by atoms with Crippen molar-refractivity contribution in [3.63, 3.8) is 0 Å². The van der Waals surface area contributed by atoms with Gasteiger partial charge in [-0.1, -0.05) is 0 Å². The zero-order valence-electron chi connectivity index (χ0n) is 16.1. The van der Waals surface area contributed by atoms with Crippen molar-refractivity contribution in [3.05, 3.63) is 35.9 Å². The van der Waals surface area contributed by atoms with Gasteiger partial charge in [-0.2, -0.15) is 15.4 Å². The molecule has 2 aromatic rings. The van der Waals surface area contributed by atoms with Gasteiger partial charge in [0.05, 0.1) is 23.3 Å². The number of H-pyrrole nitrogens is 2. The Morgan fingerprint density at radius 3 is 3.00 bits per heavy atom. The second-order valence-electron chi connectivity index (χ2n) is 7.84. The van der Waals surface area contributed by atoms with Crippen LogP contribution in [0.15, 0.2) is 24.5 Å². The van der Waals surface area contributed by atoms with Crippen molar-refractivity contribution >= 4 is 11.8 Å². The van der Waals surface area contributed by atoms with Crippen molar-refractivity contribution in [2.75, 3.05) is 33.2 Å². The van der Waals surface area contributed by atoms with Gasteiger partial charge in [0.1, 0.15) is 5.69 Å². The van der Waals surface area contributed by atoms with E-state index < -0.39 is 5.41 Å². The SMILES string of the molecule is CN1CC[C@]2(C(=O)NCCc3cn[nH]n3)CCCN(C(=O)c3ccc[nH]3)[C@H]2C1. The Hall–Kier alpha value is -2.68. The Bertz CT molecular complexity index is 804. The molecule has 0 unspecified atom stereocenters. The van der Waals surface area contributed by atoms with Crippen molar-refractivity contribution in [2.24, 2.45) is 5.41 Å². The van der Waals surface area contributed by atoms with Gasteiger partial charge in [0.15, 0.2) is 0 Å². The summed E-state index contributed by atoms with van der Waals surface area (Å²) in [5.74, 6) is 0.0304. The van der Waals surface area contributed by atoms with Gasteiger partial charge in [-0.25, -0.2) is 0 Å². The molecule has 2 aliphatic rings. The molecule has 2 atom stereocenters. The number of nitrogens with zero attached hydrogens (tertiary/aromatic N) is 4. The van der Waals surface area contributed by atoms with Gasteiger partial charge in [0, 0.05) is 32.3 Å². The highest BCUT2D eigenvalue weighted by atomic mass is 16.2. The Morgan fingerprint density at radius 1 is 1.36 bits per heavy atom. The molecule has 2 fully saturated rings. The van der Waals surface area contributed by atoms with Crippen LogP contribution in [0.2, 0.25) is 0 Å². The van der Waals surface area contributed by atoms with Crippen LogP contribution in [-0.4, -0.2) is 81.3 Å². The van der Waals surface area contributed by atoms with Crippen LogP contribution in [0.5, 0.6) is 0 Å². The maximum absolute atomic E-state index is 13.3. The molecule has 0 aromatic carbocycles. The molecule has 0 spiro atoms. The van der Waals surface area contributed by atoms with Crippen molar-refractivity contribution in [2.45, 2.75) is 31.7 Å². The van der Waals surface area contributed by atoms with E-state index in [0.29, 0.717) is 31.7 Å². The molecule has 0 bridgehead atoms. The molecule has 2 aromatic heterocycles. The number of nitrogens with one attached hydrogen (secondary N) is 3. The van der Waals surface area contributed by atoms with Gasteiger partial charge in [-0.05, 0) is 45.0 Å². The predicted octanol–water partition coefficient (Wildman–Crippen LogP) is 0.418. The summed E-state index contributed by atoms with van der Waals surface area (Å²) in [6.07, 6.45) is 6.47. The van der Waals surface area contributed by atoms with Crippen molar-refractivity contribution in [1.29, 1.82) is 0 Å². The molecule has 3 N–H and O–H groups in total. The Balaban J connectivity index is 1.52. The highest BCUT2D eigenvalue weighted by molar-refractivity contribution is 5.94. The minimum atomic E-state index is -0.531. The van der Waals surface area contributed by atoms with Crippen LogP contribution in [0, 0.1) is 5.41 Å². The minimum absolute atomic E-state index is 0.0234. The van der Waals surface area contributed by atoms with Crippen LogP contribution in [-0.2, 0) is 11.2 Å². The van der Waals surface area contributed by atoms with E-state index in [1.165, 1.54) is 0 Å². The van der Waals surface area contributed by atoms with Crippen LogP contribution in [0.3, 0.4) is 0 Å². The number of rotatable bonds is 5. The number of fused-ring (bicyclic) bond motifs is 1. The first kappa shape index (κ1) is 18.7. The molecular formula is C19H27N7O2. The maximum atomic E-state index is 13.3. The molecule has 2 saturated heterocycles. The lowest BCUT2D eigenvalue weighted by molar-refractivity contribution is -0.142. The van der Waals surface area contributed by atoms with Gasteiger partial charge in [0.2, 0.25) is 5.91 Å². The molecule has 150 valence electrons. The summed E-state index contributed by atoms with van der Waals surface area (Å²) in [4.78, 5) is 33.5. The number of likely N-dealkylation sites (N-methyl/N-ethyl adjacent to an activating group) is 1. The third kappa shape index (κ3) is 3.42. The summed E-state index contributed by atoms with van der Waals surface area (Å²) >= 11 is 0. The lowest BCUT2D eigenvalue weighted by Crippen LogP contribution is -2.66. The normalized spacial score (nSPS) is 25.3. The third-order valence-corrected chi connectivity index (χ3v) is 6.13. The average molecular weight is 385 g/mol. The van der Waals surface area contributed by atoms with Gasteiger partial charge >= 0.3 is 0 Å². The number of hydrogen-bond donors (Lipinski definition) is 3. The molecular weight excluding hydrogens is 358 g/mol. The fraction of sp³-hybridized carbons (Fsp3) is 0.579. The van der Waals surface area contributed by atoms with E-state index in [-0.39, 0.29) is 17.9 Å². The first-order valence-corrected chi connectivity index (χ1v) is 9.86. The van der Waals surface area contributed by atoms with E-state index in [1.807, 2.05) is 11.0 Å². The number of piperidine rings is 2. The first-order chi connectivity index (χ1) is 13.6. The second kappa shape index (κ2) is 7.75. The number of carbonyl (C=O) groups is 2. The summed E-state index contributed by atoms with van der Waals surface area (Å²) < 4.78 is 0. The highest BCUT2D eigenvalue weighted by Gasteiger charge is 2.53. The van der Waals surface area contributed by atoms with E-state index in [0.717, 1.165) is 31.5 Å². The van der Waals surface area contributed by atoms with Gasteiger partial charge < -0.3 is 20.1 Å². The van der Waals surface area contributed by atoms with Crippen molar-refractivity contribution in [3.8, 4) is 0 Å². The average Bonchev–Trinajstić information content (AvgIpc) is 3.41. The standard InChI is InChI=1S/C19H27N7O2/c1-25-11-7-19(18(28)21-9-5-14-12-22-24-23-14)6-3-10-26(16(19)13-25)17(27)15-4-2-8-20-15/h2,4,8,12,16,20H,3,5-7,9-11,13H2,1H3,(H,21,28)(H,22,23,24)/t16-,19+/m0/s1. The molecule has 9 nitrogen and oxygen atoms in total. The van der Waals surface area contributed by atoms with E-state index in [4.69, 9.17) is 0 Å². The van der Waals surface area contributed by atoms with Crippen LogP contribution < -0.4 is 5.32 Å². The maximum Gasteiger partial charge on any atom is 0.270 e. The molecule has 0 radical (unpaired) electrons. The van der Waals surface area contributed by atoms with Gasteiger partial charge in [-0.15, -0.1) is 0 Å². The summed E-state index contributed by atoms with van der Waals surface area (Å²) in [6.45, 7) is 2.77. The minimum Gasteiger partial charge on any atom is -0.357 e. The fourth-order valence-electron chi connectivity index (χ4n) is 4.59. The second-order valence-corrected chi connectivity index (χ2v) is 7.84. The number of hydrogen-bond acceptors (Lipinski definition) is 5. The predicted molar refractivity (Wildman–Crippen MR) is 102 cm³/mol. The van der Waals surface area contributed by atoms with Gasteiger partial charge in [0.25, 0.3) is 5.91 Å². The topological polar surface area (TPSA) is 110 Å². The first-order valence-electron chi connectivity index (χ1n) is 9.86. The molecule has 9 heteroatoms. The largest absolute Gasteiger partial charge is 0.357 e. The number of aromatic nitrogens is 4. The highest BCUT2D eigenvalue weighted by Crippen LogP contribution is 2.43. The molecule has 28 heavy (non-hydrogen) atoms. The summed E-state index contributed by atoms with van der Waals surface area (Å²) in [6, 6.07) is 3.50. The zero-order valence-corrected chi connectivity index (χ0v) is 16.1. The van der Waals surface area contributed by atoms with Crippen LogP contribution in [0.4, 0.5) is 0 Å². The number of carbonyl (C=O) groups excluding carboxylic acids is 2. The summed E-state index contributed by atoms with van der Waals surface area (Å²) in [5.41, 5.74) is 0.872. The molecule has 2 amide bonds. The molecule has 0 aliphatic carbocycles. The number of amides is 2. The number of aromatic amines is 2. The van der Waals surface area contributed by atoms with E-state index in [2.05, 4.69) is 37.7 Å². The van der Waals surface area contributed by atoms with Crippen LogP contribution in [0.1, 0.15) is 35.4 Å². The van der Waals surface area contributed by atoms with Crippen molar-refractivity contribution in [1.82, 2.24) is 35.5 Å². The summed E-state index contributed by atoms with van der Waals surface area (Å²) in [5, 5.41) is 13.5. The van der Waals surface area contributed by atoms with Crippen LogP contribution in [0.25, 0.3) is 0 Å². The monoisotopic (exact) mass is 385 g/mol. The molecule has 2 aliphatic heterocycles. The Morgan fingerprint density at radius 2 is 2.25 bits per heavy atom. The third-order valence-electron chi connectivity index (χ3n) is 6.13. The quantitative estimate of drug-likeness (QED) is 0.691. The van der Waals surface area contributed by atoms with Crippen LogP contribution >= 0.6 is 0 Å². The van der Waals surface area contributed by atoms with Crippen molar-refractivity contribution < 1.29 is 9.59 Å². The number of likely N-dealkylation sites (tertiary alicyclic amines) is 2. The Labute approximate surface area is 163 Å². The molecule has 0 saturated carbocycles. The lowest BCUT2D eigenvalue weighted by Gasteiger charge is -2.53. The Kier molecular flexibility index (Phi) is 5.17. The summed E-state index contributed by atoms with van der Waals surface area (Å²) in [7, 11) is 2.05. The van der Waals surface area contributed by atoms with E-state index >= 15 is 0 Å². The smallest absolute Gasteiger partial charge is 0.270 e. The zero-order chi connectivity index (χ0) is 19.6. The fourth-order valence-corrected chi connectivity index (χ4v) is 4.59. The van der Waals surface area contributed by atoms with E-state index in [1.54, 1.807) is 18.5 Å². The molecule has 4 rings (SSSR count). The lowest BCUT2D eigenvalue weighted by atomic mass is 9.67. The van der Waals surface area contributed by atoms with E-state index in [9.17, 15) is 9.59 Å². The van der Waals surface area contributed by atoms with Gasteiger partial charge in [-0.3, -0.25) is 9.59 Å². The molecule has 4 heterocycles.